The van der Waals surface area contributed by atoms with Gasteiger partial charge in [-0.15, -0.1) is 0 Å². The standard InChI is InChI=1S/C15H23NO2/c1-12-5-3-6-13(9-12)16-15(11-17)8-4-7-14(10-15)18-2/h3,5-6,9,14,16-17H,4,7-8,10-11H2,1-2H3. The summed E-state index contributed by atoms with van der Waals surface area (Å²) in [5, 5.41) is 13.3. The summed E-state index contributed by atoms with van der Waals surface area (Å²) in [6.07, 6.45) is 4.31. The van der Waals surface area contributed by atoms with Crippen LogP contribution in [0.15, 0.2) is 24.3 Å². The van der Waals surface area contributed by atoms with Gasteiger partial charge in [0.15, 0.2) is 0 Å². The molecule has 0 aliphatic heterocycles. The van der Waals surface area contributed by atoms with Crippen molar-refractivity contribution in [2.24, 2.45) is 0 Å². The fraction of sp³-hybridized carbons (Fsp3) is 0.600. The molecule has 2 rings (SSSR count). The summed E-state index contributed by atoms with van der Waals surface area (Å²) < 4.78 is 5.46. The second-order valence-corrected chi connectivity index (χ2v) is 5.39. The van der Waals surface area contributed by atoms with Crippen LogP contribution in [0.2, 0.25) is 0 Å². The molecule has 2 unspecified atom stereocenters. The van der Waals surface area contributed by atoms with Gasteiger partial charge in [0.1, 0.15) is 0 Å². The van der Waals surface area contributed by atoms with E-state index in [1.165, 1.54) is 5.56 Å². The van der Waals surface area contributed by atoms with Gasteiger partial charge < -0.3 is 15.2 Å². The predicted molar refractivity (Wildman–Crippen MR) is 73.9 cm³/mol. The first-order chi connectivity index (χ1) is 8.67. The highest BCUT2D eigenvalue weighted by atomic mass is 16.5. The zero-order chi connectivity index (χ0) is 13.0. The number of aliphatic hydroxyl groups excluding tert-OH is 1. The van der Waals surface area contributed by atoms with Crippen LogP contribution in [0.1, 0.15) is 31.2 Å². The fourth-order valence-corrected chi connectivity index (χ4v) is 2.83. The van der Waals surface area contributed by atoms with E-state index >= 15 is 0 Å². The largest absolute Gasteiger partial charge is 0.394 e. The zero-order valence-electron chi connectivity index (χ0n) is 11.3. The van der Waals surface area contributed by atoms with Crippen LogP contribution in [0.5, 0.6) is 0 Å². The highest BCUT2D eigenvalue weighted by Gasteiger charge is 2.35. The van der Waals surface area contributed by atoms with Gasteiger partial charge in [-0.05, 0) is 50.3 Å². The molecule has 2 atom stereocenters. The van der Waals surface area contributed by atoms with E-state index in [1.807, 2.05) is 6.07 Å². The second kappa shape index (κ2) is 5.72. The first-order valence-electron chi connectivity index (χ1n) is 6.66. The molecule has 0 saturated heterocycles. The number of methoxy groups -OCH3 is 1. The minimum Gasteiger partial charge on any atom is -0.394 e. The molecule has 0 amide bonds. The second-order valence-electron chi connectivity index (χ2n) is 5.39. The van der Waals surface area contributed by atoms with Crippen LogP contribution < -0.4 is 5.32 Å². The van der Waals surface area contributed by atoms with Crippen molar-refractivity contribution in [1.82, 2.24) is 0 Å². The molecule has 1 aliphatic rings. The number of benzene rings is 1. The van der Waals surface area contributed by atoms with E-state index in [9.17, 15) is 5.11 Å². The van der Waals surface area contributed by atoms with Gasteiger partial charge in [0, 0.05) is 12.8 Å². The summed E-state index contributed by atoms with van der Waals surface area (Å²) in [6, 6.07) is 8.30. The number of rotatable bonds is 4. The van der Waals surface area contributed by atoms with E-state index in [-0.39, 0.29) is 18.2 Å². The third kappa shape index (κ3) is 3.03. The Morgan fingerprint density at radius 3 is 3.00 bits per heavy atom. The molecule has 0 aromatic heterocycles. The van der Waals surface area contributed by atoms with Crippen molar-refractivity contribution in [3.8, 4) is 0 Å². The fourth-order valence-electron chi connectivity index (χ4n) is 2.83. The molecular weight excluding hydrogens is 226 g/mol. The van der Waals surface area contributed by atoms with Crippen molar-refractivity contribution in [2.75, 3.05) is 19.0 Å². The van der Waals surface area contributed by atoms with Gasteiger partial charge in [0.05, 0.1) is 18.2 Å². The molecule has 1 fully saturated rings. The van der Waals surface area contributed by atoms with Gasteiger partial charge in [-0.25, -0.2) is 0 Å². The van der Waals surface area contributed by atoms with Crippen LogP contribution in [0.25, 0.3) is 0 Å². The summed E-state index contributed by atoms with van der Waals surface area (Å²) in [6.45, 7) is 2.23. The Morgan fingerprint density at radius 2 is 2.33 bits per heavy atom. The number of aliphatic hydroxyl groups is 1. The van der Waals surface area contributed by atoms with Crippen LogP contribution in [0.4, 0.5) is 5.69 Å². The minimum atomic E-state index is -0.229. The Morgan fingerprint density at radius 1 is 1.50 bits per heavy atom. The van der Waals surface area contributed by atoms with E-state index in [1.54, 1.807) is 7.11 Å². The molecule has 1 saturated carbocycles. The summed E-state index contributed by atoms with van der Waals surface area (Å²) in [5.41, 5.74) is 2.08. The molecular formula is C15H23NO2. The third-order valence-corrected chi connectivity index (χ3v) is 3.86. The topological polar surface area (TPSA) is 41.5 Å². The Bertz CT molecular complexity index is 394. The van der Waals surface area contributed by atoms with Crippen molar-refractivity contribution in [3.63, 3.8) is 0 Å². The van der Waals surface area contributed by atoms with Gasteiger partial charge in [-0.1, -0.05) is 12.1 Å². The monoisotopic (exact) mass is 249 g/mol. The average molecular weight is 249 g/mol. The van der Waals surface area contributed by atoms with Crippen molar-refractivity contribution in [2.45, 2.75) is 44.2 Å². The lowest BCUT2D eigenvalue weighted by Gasteiger charge is -2.40. The number of hydrogen-bond acceptors (Lipinski definition) is 3. The smallest absolute Gasteiger partial charge is 0.0662 e. The van der Waals surface area contributed by atoms with Crippen LogP contribution >= 0.6 is 0 Å². The molecule has 18 heavy (non-hydrogen) atoms. The molecule has 1 aliphatic carbocycles. The normalized spacial score (nSPS) is 28.1. The third-order valence-electron chi connectivity index (χ3n) is 3.86. The van der Waals surface area contributed by atoms with Gasteiger partial charge in [0.25, 0.3) is 0 Å². The molecule has 0 bridgehead atoms. The van der Waals surface area contributed by atoms with E-state index in [0.717, 1.165) is 31.4 Å². The molecule has 3 heteroatoms. The first-order valence-corrected chi connectivity index (χ1v) is 6.66. The number of nitrogens with one attached hydrogen (secondary N) is 1. The molecule has 2 N–H and O–H groups in total. The SMILES string of the molecule is COC1CCCC(CO)(Nc2cccc(C)c2)C1. The van der Waals surface area contributed by atoms with Crippen LogP contribution in [-0.2, 0) is 4.74 Å². The van der Waals surface area contributed by atoms with Gasteiger partial charge >= 0.3 is 0 Å². The maximum atomic E-state index is 9.77. The Kier molecular flexibility index (Phi) is 4.25. The number of aryl methyl sites for hydroxylation is 1. The molecule has 100 valence electrons. The first kappa shape index (κ1) is 13.4. The van der Waals surface area contributed by atoms with E-state index < -0.39 is 0 Å². The lowest BCUT2D eigenvalue weighted by Crippen LogP contribution is -2.48. The lowest BCUT2D eigenvalue weighted by molar-refractivity contribution is 0.0307. The highest BCUT2D eigenvalue weighted by molar-refractivity contribution is 5.48. The summed E-state index contributed by atoms with van der Waals surface area (Å²) in [7, 11) is 1.75. The summed E-state index contributed by atoms with van der Waals surface area (Å²) in [5.74, 6) is 0. The van der Waals surface area contributed by atoms with Crippen molar-refractivity contribution in [3.05, 3.63) is 29.8 Å². The van der Waals surface area contributed by atoms with Crippen LogP contribution in [0.3, 0.4) is 0 Å². The van der Waals surface area contributed by atoms with E-state index in [4.69, 9.17) is 4.74 Å². The zero-order valence-corrected chi connectivity index (χ0v) is 11.3. The predicted octanol–water partition coefficient (Wildman–Crippen LogP) is 2.73. The maximum absolute atomic E-state index is 9.77. The number of ether oxygens (including phenoxy) is 1. The van der Waals surface area contributed by atoms with Crippen molar-refractivity contribution in [1.29, 1.82) is 0 Å². The number of anilines is 1. The molecule has 1 aromatic rings. The van der Waals surface area contributed by atoms with E-state index in [0.29, 0.717) is 0 Å². The molecule has 0 radical (unpaired) electrons. The average Bonchev–Trinajstić information content (AvgIpc) is 2.39. The van der Waals surface area contributed by atoms with Crippen molar-refractivity contribution < 1.29 is 9.84 Å². The Balaban J connectivity index is 2.12. The molecule has 1 aromatic carbocycles. The highest BCUT2D eigenvalue weighted by Crippen LogP contribution is 2.33. The summed E-state index contributed by atoms with van der Waals surface area (Å²) >= 11 is 0. The van der Waals surface area contributed by atoms with E-state index in [2.05, 4.69) is 30.4 Å². The molecule has 0 heterocycles. The lowest BCUT2D eigenvalue weighted by atomic mass is 9.80. The van der Waals surface area contributed by atoms with Crippen molar-refractivity contribution >= 4 is 5.69 Å². The van der Waals surface area contributed by atoms with Gasteiger partial charge in [-0.3, -0.25) is 0 Å². The quantitative estimate of drug-likeness (QED) is 0.862. The Labute approximate surface area is 109 Å². The summed E-state index contributed by atoms with van der Waals surface area (Å²) in [4.78, 5) is 0. The molecule has 0 spiro atoms. The number of hydrogen-bond donors (Lipinski definition) is 2. The van der Waals surface area contributed by atoms with Crippen LogP contribution in [0, 0.1) is 6.92 Å². The minimum absolute atomic E-state index is 0.154. The maximum Gasteiger partial charge on any atom is 0.0662 e. The van der Waals surface area contributed by atoms with Crippen LogP contribution in [-0.4, -0.2) is 30.5 Å². The van der Waals surface area contributed by atoms with Gasteiger partial charge in [-0.2, -0.15) is 0 Å². The molecule has 3 nitrogen and oxygen atoms in total. The van der Waals surface area contributed by atoms with Gasteiger partial charge in [0.2, 0.25) is 0 Å². The Hall–Kier alpha value is -1.06.